The van der Waals surface area contributed by atoms with Gasteiger partial charge in [-0.05, 0) is 41.1 Å². The van der Waals surface area contributed by atoms with Crippen molar-refractivity contribution in [1.82, 2.24) is 4.98 Å². The molecule has 1 rings (SSSR count). The van der Waals surface area contributed by atoms with Crippen LogP contribution in [0.25, 0.3) is 0 Å². The first kappa shape index (κ1) is 10.8. The molecule has 72 valence electrons. The van der Waals surface area contributed by atoms with E-state index in [1.807, 2.05) is 0 Å². The predicted molar refractivity (Wildman–Crippen MR) is 52.6 cm³/mol. The molecule has 1 aromatic heterocycles. The minimum atomic E-state index is -2.51. The number of alkyl halides is 2. The van der Waals surface area contributed by atoms with E-state index in [1.54, 1.807) is 29.5 Å². The molecule has 0 amide bonds. The highest BCUT2D eigenvalue weighted by Gasteiger charge is 2.16. The number of aliphatic hydroxyl groups excluding tert-OH is 1. The maximum atomic E-state index is 12.4. The number of halogens is 3. The minimum absolute atomic E-state index is 0.0437. The second-order valence-electron chi connectivity index (χ2n) is 2.59. The molecule has 0 unspecified atom stereocenters. The van der Waals surface area contributed by atoms with E-state index < -0.39 is 6.43 Å². The Balaban J connectivity index is 3.23. The molecule has 0 aliphatic rings. The van der Waals surface area contributed by atoms with E-state index >= 15 is 0 Å². The van der Waals surface area contributed by atoms with Crippen molar-refractivity contribution in [3.05, 3.63) is 26.6 Å². The molecule has 0 saturated carbocycles. The fourth-order valence-corrected chi connectivity index (χ4v) is 2.02. The standard InChI is InChI=1S/C8H8F2INO/c1-4-2-5(3-13)12-8(11)6(4)7(9)10/h2,7,13H,3H2,1H3. The van der Waals surface area contributed by atoms with E-state index in [0.29, 0.717) is 11.3 Å². The Morgan fingerprint density at radius 1 is 1.62 bits per heavy atom. The maximum absolute atomic E-state index is 12.4. The third kappa shape index (κ3) is 2.34. The lowest BCUT2D eigenvalue weighted by Crippen LogP contribution is -2.01. The first-order chi connectivity index (χ1) is 6.06. The van der Waals surface area contributed by atoms with Crippen LogP contribution >= 0.6 is 22.6 Å². The van der Waals surface area contributed by atoms with Crippen molar-refractivity contribution in [2.75, 3.05) is 0 Å². The Bertz CT molecular complexity index is 294. The predicted octanol–water partition coefficient (Wildman–Crippen LogP) is 2.42. The number of aromatic nitrogens is 1. The molecule has 0 aliphatic heterocycles. The Hall–Kier alpha value is -0.300. The summed E-state index contributed by atoms with van der Waals surface area (Å²) in [5.41, 5.74) is 0.850. The van der Waals surface area contributed by atoms with Crippen molar-refractivity contribution in [2.45, 2.75) is 20.0 Å². The van der Waals surface area contributed by atoms with Gasteiger partial charge in [0.2, 0.25) is 0 Å². The van der Waals surface area contributed by atoms with Crippen molar-refractivity contribution in [2.24, 2.45) is 0 Å². The molecule has 0 spiro atoms. The molecule has 0 bridgehead atoms. The summed E-state index contributed by atoms with van der Waals surface area (Å²) in [5.74, 6) is 0. The van der Waals surface area contributed by atoms with E-state index in [2.05, 4.69) is 4.98 Å². The Labute approximate surface area is 88.1 Å². The third-order valence-corrected chi connectivity index (χ3v) is 2.47. The van der Waals surface area contributed by atoms with Gasteiger partial charge in [-0.3, -0.25) is 0 Å². The van der Waals surface area contributed by atoms with Gasteiger partial charge in [0.15, 0.2) is 0 Å². The highest BCUT2D eigenvalue weighted by Crippen LogP contribution is 2.26. The van der Waals surface area contributed by atoms with Crippen LogP contribution in [0.15, 0.2) is 6.07 Å². The average Bonchev–Trinajstić information content (AvgIpc) is 2.02. The van der Waals surface area contributed by atoms with E-state index in [9.17, 15) is 8.78 Å². The Morgan fingerprint density at radius 3 is 2.62 bits per heavy atom. The number of nitrogens with zero attached hydrogens (tertiary/aromatic N) is 1. The van der Waals surface area contributed by atoms with Crippen LogP contribution in [-0.4, -0.2) is 10.1 Å². The monoisotopic (exact) mass is 299 g/mol. The van der Waals surface area contributed by atoms with Crippen LogP contribution in [0.3, 0.4) is 0 Å². The Kier molecular flexibility index (Phi) is 3.55. The van der Waals surface area contributed by atoms with Gasteiger partial charge in [0.1, 0.15) is 3.70 Å². The van der Waals surface area contributed by atoms with Gasteiger partial charge in [-0.25, -0.2) is 13.8 Å². The van der Waals surface area contributed by atoms with Crippen molar-refractivity contribution in [3.63, 3.8) is 0 Å². The van der Waals surface area contributed by atoms with Crippen LogP contribution < -0.4 is 0 Å². The van der Waals surface area contributed by atoms with E-state index in [-0.39, 0.29) is 15.9 Å². The summed E-state index contributed by atoms with van der Waals surface area (Å²) in [6.45, 7) is 1.37. The fourth-order valence-electron chi connectivity index (χ4n) is 1.05. The second kappa shape index (κ2) is 4.28. The minimum Gasteiger partial charge on any atom is -0.390 e. The molecule has 0 atom stereocenters. The summed E-state index contributed by atoms with van der Waals surface area (Å²) < 4.78 is 25.1. The summed E-state index contributed by atoms with van der Waals surface area (Å²) in [4.78, 5) is 3.83. The molecular weight excluding hydrogens is 291 g/mol. The highest BCUT2D eigenvalue weighted by atomic mass is 127. The van der Waals surface area contributed by atoms with E-state index in [0.717, 1.165) is 0 Å². The summed E-state index contributed by atoms with van der Waals surface area (Å²) >= 11 is 1.75. The van der Waals surface area contributed by atoms with Gasteiger partial charge in [-0.1, -0.05) is 0 Å². The molecule has 1 N–H and O–H groups in total. The van der Waals surface area contributed by atoms with Gasteiger partial charge in [0.25, 0.3) is 6.43 Å². The molecular formula is C8H8F2INO. The molecule has 2 nitrogen and oxygen atoms in total. The van der Waals surface area contributed by atoms with Gasteiger partial charge >= 0.3 is 0 Å². The smallest absolute Gasteiger partial charge is 0.266 e. The molecule has 0 radical (unpaired) electrons. The van der Waals surface area contributed by atoms with E-state index in [4.69, 9.17) is 5.11 Å². The zero-order valence-electron chi connectivity index (χ0n) is 6.89. The summed E-state index contributed by atoms with van der Waals surface area (Å²) in [5, 5.41) is 8.76. The molecule has 5 heteroatoms. The largest absolute Gasteiger partial charge is 0.390 e. The Morgan fingerprint density at radius 2 is 2.23 bits per heavy atom. The number of rotatable bonds is 2. The number of pyridine rings is 1. The summed E-state index contributed by atoms with van der Waals surface area (Å²) in [6.07, 6.45) is -2.51. The van der Waals surface area contributed by atoms with Crippen molar-refractivity contribution in [3.8, 4) is 0 Å². The maximum Gasteiger partial charge on any atom is 0.266 e. The molecule has 0 saturated heterocycles. The van der Waals surface area contributed by atoms with Gasteiger partial charge in [-0.15, -0.1) is 0 Å². The fraction of sp³-hybridized carbons (Fsp3) is 0.375. The summed E-state index contributed by atoms with van der Waals surface area (Å²) in [7, 11) is 0. The van der Waals surface area contributed by atoms with Crippen LogP contribution in [0, 0.1) is 10.6 Å². The van der Waals surface area contributed by atoms with Crippen LogP contribution in [0.5, 0.6) is 0 Å². The van der Waals surface area contributed by atoms with Crippen LogP contribution in [-0.2, 0) is 6.61 Å². The van der Waals surface area contributed by atoms with Crippen molar-refractivity contribution < 1.29 is 13.9 Å². The topological polar surface area (TPSA) is 33.1 Å². The van der Waals surface area contributed by atoms with Gasteiger partial charge in [0, 0.05) is 0 Å². The van der Waals surface area contributed by atoms with Crippen LogP contribution in [0.4, 0.5) is 8.78 Å². The molecule has 0 aromatic carbocycles. The number of aliphatic hydroxyl groups is 1. The van der Waals surface area contributed by atoms with Crippen molar-refractivity contribution in [1.29, 1.82) is 0 Å². The van der Waals surface area contributed by atoms with Crippen LogP contribution in [0.2, 0.25) is 0 Å². The number of aryl methyl sites for hydroxylation is 1. The van der Waals surface area contributed by atoms with Gasteiger partial charge in [-0.2, -0.15) is 0 Å². The molecule has 1 heterocycles. The quantitative estimate of drug-likeness (QED) is 0.672. The molecule has 1 aromatic rings. The lowest BCUT2D eigenvalue weighted by Gasteiger charge is -2.08. The normalized spacial score (nSPS) is 10.9. The lowest BCUT2D eigenvalue weighted by molar-refractivity contribution is 0.149. The molecule has 13 heavy (non-hydrogen) atoms. The van der Waals surface area contributed by atoms with Crippen LogP contribution in [0.1, 0.15) is 23.2 Å². The second-order valence-corrected chi connectivity index (χ2v) is 3.62. The highest BCUT2D eigenvalue weighted by molar-refractivity contribution is 14.1. The average molecular weight is 299 g/mol. The van der Waals surface area contributed by atoms with Gasteiger partial charge < -0.3 is 5.11 Å². The van der Waals surface area contributed by atoms with E-state index in [1.165, 1.54) is 6.07 Å². The zero-order chi connectivity index (χ0) is 10.0. The third-order valence-electron chi connectivity index (χ3n) is 1.65. The molecule has 0 aliphatic carbocycles. The zero-order valence-corrected chi connectivity index (χ0v) is 9.05. The molecule has 0 fully saturated rings. The SMILES string of the molecule is Cc1cc(CO)nc(I)c1C(F)F. The number of hydrogen-bond acceptors (Lipinski definition) is 2. The first-order valence-corrected chi connectivity index (χ1v) is 4.69. The van der Waals surface area contributed by atoms with Gasteiger partial charge in [0.05, 0.1) is 17.9 Å². The number of hydrogen-bond donors (Lipinski definition) is 1. The lowest BCUT2D eigenvalue weighted by atomic mass is 10.1. The first-order valence-electron chi connectivity index (χ1n) is 3.61. The van der Waals surface area contributed by atoms with Crippen molar-refractivity contribution >= 4 is 22.6 Å². The summed E-state index contributed by atoms with van der Waals surface area (Å²) in [6, 6.07) is 1.48.